The second kappa shape index (κ2) is 16.2. The van der Waals surface area contributed by atoms with Gasteiger partial charge in [-0.3, -0.25) is 29.7 Å². The second-order valence-electron chi connectivity index (χ2n) is 5.40. The molecule has 33 heavy (non-hydrogen) atoms. The van der Waals surface area contributed by atoms with Crippen molar-refractivity contribution in [2.24, 2.45) is 0 Å². The van der Waals surface area contributed by atoms with Gasteiger partial charge in [0.25, 0.3) is 0 Å². The van der Waals surface area contributed by atoms with Gasteiger partial charge in [-0.1, -0.05) is 31.9 Å². The summed E-state index contributed by atoms with van der Waals surface area (Å²) in [5, 5.41) is 0. The van der Waals surface area contributed by atoms with E-state index in [1.54, 1.807) is 0 Å². The van der Waals surface area contributed by atoms with Crippen LogP contribution in [-0.2, 0) is 21.7 Å². The van der Waals surface area contributed by atoms with Crippen LogP contribution in [0.5, 0.6) is 0 Å². The van der Waals surface area contributed by atoms with E-state index in [-0.39, 0.29) is 21.7 Å². The van der Waals surface area contributed by atoms with Gasteiger partial charge in [0.2, 0.25) is 0 Å². The van der Waals surface area contributed by atoms with Crippen LogP contribution in [0.4, 0.5) is 35.1 Å². The monoisotopic (exact) mass is 632 g/mol. The molecule has 0 saturated heterocycles. The number of hydrogen-bond acceptors (Lipinski definition) is 0. The molecule has 0 nitrogen and oxygen atoms in total. The average Bonchev–Trinajstić information content (AvgIpc) is 3.53. The summed E-state index contributed by atoms with van der Waals surface area (Å²) in [5.74, 6) is -12.1. The summed E-state index contributed by atoms with van der Waals surface area (Å²) < 4.78 is 96.1. The van der Waals surface area contributed by atoms with Crippen molar-refractivity contribution < 1.29 is 56.8 Å². The summed E-state index contributed by atoms with van der Waals surface area (Å²) in [6.45, 7) is 0. The molecule has 2 aromatic rings. The van der Waals surface area contributed by atoms with Crippen LogP contribution in [0.25, 0.3) is 0 Å². The van der Waals surface area contributed by atoms with Gasteiger partial charge in [-0.15, -0.1) is 25.0 Å². The van der Waals surface area contributed by atoms with Crippen LogP contribution in [-0.4, -0.2) is 0 Å². The summed E-state index contributed by atoms with van der Waals surface area (Å²) in [7, 11) is 0. The standard InChI is InChI=1S/2C6BrF4.2C5H5.Ti/c2*7-4-5(10)2(8)1-3(9)6(4)11;2*1-2-4-5-3-1;/h;;2*1-3H,4H2;/q4*-1;+4. The van der Waals surface area contributed by atoms with Gasteiger partial charge in [0.15, 0.2) is 0 Å². The third kappa shape index (κ3) is 10.5. The molecule has 2 aliphatic carbocycles. The summed E-state index contributed by atoms with van der Waals surface area (Å²) in [6, 6.07) is 2.47. The van der Waals surface area contributed by atoms with Crippen molar-refractivity contribution in [2.75, 3.05) is 0 Å². The maximum Gasteiger partial charge on any atom is 4.00 e. The van der Waals surface area contributed by atoms with Gasteiger partial charge in [0, 0.05) is 23.3 Å². The number of halogens is 10. The van der Waals surface area contributed by atoms with Crippen LogP contribution >= 0.6 is 31.9 Å². The first kappa shape index (κ1) is 31.5. The number of benzene rings is 2. The minimum Gasteiger partial charge on any atom is -0.280 e. The van der Waals surface area contributed by atoms with Crippen molar-refractivity contribution in [1.29, 1.82) is 0 Å². The largest absolute Gasteiger partial charge is 4.00 e. The quantitative estimate of drug-likeness (QED) is 0.0902. The van der Waals surface area contributed by atoms with Crippen molar-refractivity contribution in [1.82, 2.24) is 0 Å². The Hall–Kier alpha value is -1.49. The Morgan fingerprint density at radius 2 is 0.818 bits per heavy atom. The van der Waals surface area contributed by atoms with E-state index in [1.165, 1.54) is 12.1 Å². The SMILES string of the molecule is Fc1[c-]c(F)c(F)c(Br)c1F.Fc1[c-]c(F)c(F)c(Br)c1F.[C-]1=CC=CC1.[C-]1=CC=CC1.[Ti+4]. The zero-order valence-electron chi connectivity index (χ0n) is 16.2. The fourth-order valence-corrected chi connectivity index (χ4v) is 2.37. The van der Waals surface area contributed by atoms with E-state index in [9.17, 15) is 35.1 Å². The molecular formula is C22H10Br2F8Ti. The Kier molecular flexibility index (Phi) is 15.5. The average molecular weight is 634 g/mol. The van der Waals surface area contributed by atoms with E-state index in [0.29, 0.717) is 0 Å². The topological polar surface area (TPSA) is 0 Å². The van der Waals surface area contributed by atoms with E-state index >= 15 is 0 Å². The maximum absolute atomic E-state index is 12.3. The van der Waals surface area contributed by atoms with Gasteiger partial charge in [0.1, 0.15) is 0 Å². The zero-order chi connectivity index (χ0) is 24.3. The van der Waals surface area contributed by atoms with Gasteiger partial charge in [0.05, 0.1) is 23.3 Å². The first-order valence-electron chi connectivity index (χ1n) is 8.32. The predicted molar refractivity (Wildman–Crippen MR) is 109 cm³/mol. The molecule has 4 rings (SSSR count). The van der Waals surface area contributed by atoms with Gasteiger partial charge in [-0.05, 0) is 8.95 Å². The molecule has 0 N–H and O–H groups in total. The number of allylic oxidation sites excluding steroid dienone is 8. The number of hydrogen-bond donors (Lipinski definition) is 0. The van der Waals surface area contributed by atoms with Crippen molar-refractivity contribution in [2.45, 2.75) is 12.8 Å². The smallest absolute Gasteiger partial charge is 0.280 e. The molecule has 0 fully saturated rings. The Bertz CT molecular complexity index is 894. The second-order valence-corrected chi connectivity index (χ2v) is 6.98. The van der Waals surface area contributed by atoms with Crippen LogP contribution in [0.3, 0.4) is 0 Å². The summed E-state index contributed by atoms with van der Waals surface area (Å²) in [6.07, 6.45) is 20.0. The molecule has 2 aromatic carbocycles. The molecular weight excluding hydrogens is 624 g/mol. The molecule has 2 aliphatic rings. The molecule has 0 atom stereocenters. The van der Waals surface area contributed by atoms with Crippen molar-refractivity contribution in [3.63, 3.8) is 0 Å². The van der Waals surface area contributed by atoms with E-state index < -0.39 is 55.5 Å². The molecule has 0 aliphatic heterocycles. The fourth-order valence-electron chi connectivity index (χ4n) is 1.67. The fraction of sp³-hybridized carbons (Fsp3) is 0.0909. The van der Waals surface area contributed by atoms with E-state index in [0.717, 1.165) is 12.8 Å². The Balaban J connectivity index is 0.000000434. The van der Waals surface area contributed by atoms with Crippen LogP contribution in [0.2, 0.25) is 0 Å². The molecule has 0 radical (unpaired) electrons. The zero-order valence-corrected chi connectivity index (χ0v) is 20.9. The van der Waals surface area contributed by atoms with E-state index in [4.69, 9.17) is 0 Å². The molecule has 0 unspecified atom stereocenters. The van der Waals surface area contributed by atoms with Gasteiger partial charge in [-0.2, -0.15) is 12.2 Å². The van der Waals surface area contributed by atoms with Crippen molar-refractivity contribution in [3.8, 4) is 0 Å². The molecule has 0 aromatic heterocycles. The summed E-state index contributed by atoms with van der Waals surface area (Å²) >= 11 is 4.66. The van der Waals surface area contributed by atoms with E-state index in [2.05, 4.69) is 56.2 Å². The van der Waals surface area contributed by atoms with Crippen LogP contribution in [0, 0.1) is 70.8 Å². The van der Waals surface area contributed by atoms with Crippen LogP contribution in [0.15, 0.2) is 45.4 Å². The Morgan fingerprint density at radius 3 is 0.970 bits per heavy atom. The molecule has 0 bridgehead atoms. The molecule has 0 heterocycles. The minimum absolute atomic E-state index is 0. The minimum atomic E-state index is -1.55. The van der Waals surface area contributed by atoms with Crippen molar-refractivity contribution >= 4 is 31.9 Å². The molecule has 172 valence electrons. The summed E-state index contributed by atoms with van der Waals surface area (Å²) in [4.78, 5) is 0. The van der Waals surface area contributed by atoms with Crippen LogP contribution in [0.1, 0.15) is 12.8 Å². The molecule has 0 spiro atoms. The number of rotatable bonds is 0. The third-order valence-electron chi connectivity index (χ3n) is 3.15. The van der Waals surface area contributed by atoms with Gasteiger partial charge >= 0.3 is 21.7 Å². The van der Waals surface area contributed by atoms with Crippen LogP contribution < -0.4 is 0 Å². The van der Waals surface area contributed by atoms with Gasteiger partial charge < -0.3 is 0 Å². The normalized spacial score (nSPS) is 12.2. The Morgan fingerprint density at radius 1 is 0.545 bits per heavy atom. The van der Waals surface area contributed by atoms with Gasteiger partial charge in [-0.25, -0.2) is 41.9 Å². The summed E-state index contributed by atoms with van der Waals surface area (Å²) in [5.41, 5.74) is 0. The van der Waals surface area contributed by atoms with Crippen molar-refractivity contribution in [3.05, 3.63) is 116 Å². The first-order chi connectivity index (χ1) is 15.1. The Labute approximate surface area is 216 Å². The molecule has 0 amide bonds. The first-order valence-corrected chi connectivity index (χ1v) is 9.91. The third-order valence-corrected chi connectivity index (χ3v) is 4.54. The maximum atomic E-state index is 12.3. The van der Waals surface area contributed by atoms with E-state index in [1.807, 2.05) is 24.3 Å². The molecule has 11 heteroatoms. The molecule has 0 saturated carbocycles. The predicted octanol–water partition coefficient (Wildman–Crippen LogP) is 8.22.